The van der Waals surface area contributed by atoms with E-state index in [4.69, 9.17) is 9.47 Å². The van der Waals surface area contributed by atoms with Gasteiger partial charge in [0.15, 0.2) is 6.61 Å². The number of halogens is 2. The summed E-state index contributed by atoms with van der Waals surface area (Å²) in [6.45, 7) is 2.23. The van der Waals surface area contributed by atoms with Crippen molar-refractivity contribution in [3.63, 3.8) is 0 Å². The zero-order chi connectivity index (χ0) is 25.2. The molecule has 0 fully saturated rings. The maximum atomic E-state index is 12.6. The van der Waals surface area contributed by atoms with Crippen LogP contribution in [0.25, 0.3) is 6.08 Å². The lowest BCUT2D eigenvalue weighted by Gasteiger charge is -2.12. The number of amides is 2. The highest BCUT2D eigenvalue weighted by Crippen LogP contribution is 2.35. The van der Waals surface area contributed by atoms with E-state index < -0.39 is 5.91 Å². The fourth-order valence-electron chi connectivity index (χ4n) is 2.97. The second kappa shape index (κ2) is 12.7. The van der Waals surface area contributed by atoms with E-state index in [1.54, 1.807) is 48.5 Å². The van der Waals surface area contributed by atoms with Crippen LogP contribution in [-0.2, 0) is 9.59 Å². The van der Waals surface area contributed by atoms with Crippen molar-refractivity contribution < 1.29 is 19.1 Å². The number of hydrogen-bond acceptors (Lipinski definition) is 5. The zero-order valence-electron chi connectivity index (χ0n) is 18.7. The summed E-state index contributed by atoms with van der Waals surface area (Å²) in [6, 6.07) is 21.3. The number of nitriles is 1. The number of nitrogens with zero attached hydrogens (tertiary/aromatic N) is 1. The second-order valence-corrected chi connectivity index (χ2v) is 8.81. The summed E-state index contributed by atoms with van der Waals surface area (Å²) in [5.74, 6) is 0.261. The van der Waals surface area contributed by atoms with Crippen LogP contribution in [0.1, 0.15) is 12.5 Å². The molecule has 0 spiro atoms. The Balaban J connectivity index is 1.67. The highest BCUT2D eigenvalue weighted by molar-refractivity contribution is 9.11. The van der Waals surface area contributed by atoms with Gasteiger partial charge in [0.2, 0.25) is 0 Å². The molecule has 2 amide bonds. The van der Waals surface area contributed by atoms with Crippen molar-refractivity contribution in [2.45, 2.75) is 6.92 Å². The third-order valence-corrected chi connectivity index (χ3v) is 5.70. The molecule has 0 aliphatic carbocycles. The molecule has 7 nitrogen and oxygen atoms in total. The van der Waals surface area contributed by atoms with E-state index in [-0.39, 0.29) is 18.1 Å². The first-order valence-electron chi connectivity index (χ1n) is 10.5. The first kappa shape index (κ1) is 26.0. The molecular weight excluding hydrogens is 578 g/mol. The lowest BCUT2D eigenvalue weighted by molar-refractivity contribution is -0.118. The topological polar surface area (TPSA) is 100 Å². The van der Waals surface area contributed by atoms with Crippen LogP contribution in [0.2, 0.25) is 0 Å². The van der Waals surface area contributed by atoms with Crippen LogP contribution >= 0.6 is 31.9 Å². The van der Waals surface area contributed by atoms with Crippen LogP contribution in [0.15, 0.2) is 81.2 Å². The molecular formula is C26H21Br2N3O4. The van der Waals surface area contributed by atoms with Gasteiger partial charge in [-0.05, 0) is 99.0 Å². The van der Waals surface area contributed by atoms with Gasteiger partial charge in [-0.2, -0.15) is 5.26 Å². The van der Waals surface area contributed by atoms with Crippen molar-refractivity contribution in [2.75, 3.05) is 23.8 Å². The number of hydrogen-bond donors (Lipinski definition) is 2. The van der Waals surface area contributed by atoms with Crippen molar-refractivity contribution in [1.82, 2.24) is 0 Å². The summed E-state index contributed by atoms with van der Waals surface area (Å²) in [7, 11) is 0. The molecule has 0 unspecified atom stereocenters. The van der Waals surface area contributed by atoms with Crippen LogP contribution < -0.4 is 20.1 Å². The van der Waals surface area contributed by atoms with Crippen LogP contribution in [-0.4, -0.2) is 25.0 Å². The molecule has 0 radical (unpaired) electrons. The summed E-state index contributed by atoms with van der Waals surface area (Å²) in [5, 5.41) is 15.0. The van der Waals surface area contributed by atoms with Gasteiger partial charge in [-0.1, -0.05) is 18.2 Å². The Morgan fingerprint density at radius 3 is 2.17 bits per heavy atom. The van der Waals surface area contributed by atoms with Gasteiger partial charge in [0.1, 0.15) is 23.1 Å². The minimum Gasteiger partial charge on any atom is -0.494 e. The molecule has 0 atom stereocenters. The molecule has 2 N–H and O–H groups in total. The number of benzene rings is 3. The first-order chi connectivity index (χ1) is 16.9. The predicted octanol–water partition coefficient (Wildman–Crippen LogP) is 6.17. The molecule has 0 saturated carbocycles. The summed E-state index contributed by atoms with van der Waals surface area (Å²) in [6.07, 6.45) is 1.46. The molecule has 0 saturated heterocycles. The second-order valence-electron chi connectivity index (χ2n) is 7.10. The Kier molecular flexibility index (Phi) is 9.47. The van der Waals surface area contributed by atoms with Gasteiger partial charge in [0.25, 0.3) is 11.8 Å². The van der Waals surface area contributed by atoms with Crippen molar-refractivity contribution in [3.05, 3.63) is 86.8 Å². The van der Waals surface area contributed by atoms with E-state index in [2.05, 4.69) is 42.5 Å². The smallest absolute Gasteiger partial charge is 0.266 e. The maximum Gasteiger partial charge on any atom is 0.266 e. The lowest BCUT2D eigenvalue weighted by Crippen LogP contribution is -2.20. The van der Waals surface area contributed by atoms with Crippen LogP contribution in [0.5, 0.6) is 11.5 Å². The van der Waals surface area contributed by atoms with Gasteiger partial charge < -0.3 is 20.1 Å². The molecule has 0 aromatic heterocycles. The van der Waals surface area contributed by atoms with Crippen LogP contribution in [0, 0.1) is 11.3 Å². The number of carbonyl (C=O) groups is 2. The SMILES string of the molecule is CCOc1ccc(NC(=O)/C(C#N)=C/c2cc(Br)c(OCC(=O)Nc3ccccc3)c(Br)c2)cc1. The largest absolute Gasteiger partial charge is 0.494 e. The summed E-state index contributed by atoms with van der Waals surface area (Å²) in [5.41, 5.74) is 1.73. The van der Waals surface area contributed by atoms with Crippen molar-refractivity contribution in [1.29, 1.82) is 5.26 Å². The minimum absolute atomic E-state index is 0.0754. The van der Waals surface area contributed by atoms with Gasteiger partial charge in [0, 0.05) is 11.4 Å². The maximum absolute atomic E-state index is 12.6. The quantitative estimate of drug-likeness (QED) is 0.226. The molecule has 0 aliphatic heterocycles. The molecule has 3 rings (SSSR count). The van der Waals surface area contributed by atoms with E-state index in [0.717, 1.165) is 0 Å². The number of para-hydroxylation sites is 1. The number of rotatable bonds is 9. The van der Waals surface area contributed by atoms with Crippen molar-refractivity contribution in [3.8, 4) is 17.6 Å². The average Bonchev–Trinajstić information content (AvgIpc) is 2.84. The normalized spacial score (nSPS) is 10.7. The zero-order valence-corrected chi connectivity index (χ0v) is 21.9. The van der Waals surface area contributed by atoms with Crippen LogP contribution in [0.3, 0.4) is 0 Å². The predicted molar refractivity (Wildman–Crippen MR) is 142 cm³/mol. The number of ether oxygens (including phenoxy) is 2. The Bertz CT molecular complexity index is 1250. The molecule has 0 bridgehead atoms. The Labute approximate surface area is 220 Å². The van der Waals surface area contributed by atoms with E-state index in [1.165, 1.54) is 6.08 Å². The molecule has 178 valence electrons. The molecule has 9 heteroatoms. The van der Waals surface area contributed by atoms with E-state index >= 15 is 0 Å². The van der Waals surface area contributed by atoms with E-state index in [1.807, 2.05) is 31.2 Å². The molecule has 3 aromatic carbocycles. The fraction of sp³-hybridized carbons (Fsp3) is 0.115. The van der Waals surface area contributed by atoms with Gasteiger partial charge in [-0.3, -0.25) is 9.59 Å². The lowest BCUT2D eigenvalue weighted by atomic mass is 10.1. The highest BCUT2D eigenvalue weighted by Gasteiger charge is 2.14. The first-order valence-corrected chi connectivity index (χ1v) is 12.1. The average molecular weight is 599 g/mol. The summed E-state index contributed by atoms with van der Waals surface area (Å²) < 4.78 is 12.1. The number of nitrogens with one attached hydrogen (secondary N) is 2. The van der Waals surface area contributed by atoms with E-state index in [9.17, 15) is 14.9 Å². The Morgan fingerprint density at radius 1 is 0.943 bits per heavy atom. The van der Waals surface area contributed by atoms with Gasteiger partial charge in [-0.15, -0.1) is 0 Å². The Hall–Kier alpha value is -3.61. The van der Waals surface area contributed by atoms with Crippen molar-refractivity contribution >= 4 is 61.1 Å². The highest BCUT2D eigenvalue weighted by atomic mass is 79.9. The molecule has 0 heterocycles. The van der Waals surface area contributed by atoms with Crippen LogP contribution in [0.4, 0.5) is 11.4 Å². The number of anilines is 2. The van der Waals surface area contributed by atoms with Gasteiger partial charge >= 0.3 is 0 Å². The summed E-state index contributed by atoms with van der Waals surface area (Å²) >= 11 is 6.85. The standard InChI is InChI=1S/C26H21Br2N3O4/c1-2-34-21-10-8-20(9-11-21)31-26(33)18(15-29)12-17-13-22(27)25(23(28)14-17)35-16-24(32)30-19-6-4-3-5-7-19/h3-14H,2,16H2,1H3,(H,30,32)(H,31,33)/b18-12+. The molecule has 0 aliphatic rings. The fourth-order valence-corrected chi connectivity index (χ4v) is 4.42. The van der Waals surface area contributed by atoms with Gasteiger partial charge in [0.05, 0.1) is 15.6 Å². The minimum atomic E-state index is -0.540. The van der Waals surface area contributed by atoms with E-state index in [0.29, 0.717) is 44.0 Å². The monoisotopic (exact) mass is 597 g/mol. The third-order valence-electron chi connectivity index (χ3n) is 4.53. The molecule has 3 aromatic rings. The Morgan fingerprint density at radius 2 is 1.57 bits per heavy atom. The van der Waals surface area contributed by atoms with Crippen molar-refractivity contribution in [2.24, 2.45) is 0 Å². The summed E-state index contributed by atoms with van der Waals surface area (Å²) in [4.78, 5) is 24.8. The number of carbonyl (C=O) groups excluding carboxylic acids is 2. The molecule has 35 heavy (non-hydrogen) atoms. The third kappa shape index (κ3) is 7.70. The van der Waals surface area contributed by atoms with Gasteiger partial charge in [-0.25, -0.2) is 0 Å².